The molecule has 2 aromatic carbocycles. The van der Waals surface area contributed by atoms with Crippen molar-refractivity contribution in [1.29, 1.82) is 0 Å². The Morgan fingerprint density at radius 1 is 1.07 bits per heavy atom. The molecule has 1 aromatic heterocycles. The zero-order chi connectivity index (χ0) is 18.6. The number of rotatable bonds is 5. The van der Waals surface area contributed by atoms with Gasteiger partial charge in [-0.3, -0.25) is 14.9 Å². The van der Waals surface area contributed by atoms with Gasteiger partial charge in [-0.1, -0.05) is 35.5 Å². The van der Waals surface area contributed by atoms with Gasteiger partial charge in [-0.15, -0.1) is 5.10 Å². The van der Waals surface area contributed by atoms with Crippen LogP contribution >= 0.6 is 11.8 Å². The van der Waals surface area contributed by atoms with Gasteiger partial charge in [0.2, 0.25) is 0 Å². The summed E-state index contributed by atoms with van der Waals surface area (Å²) in [5, 5.41) is 10.1. The maximum atomic E-state index is 11.6. The average Bonchev–Trinajstić information content (AvgIpc) is 3.28. The molecule has 4 rings (SSSR count). The molecule has 8 heteroatoms. The van der Waals surface area contributed by atoms with Crippen molar-refractivity contribution in [3.63, 3.8) is 0 Å². The van der Waals surface area contributed by atoms with Crippen molar-refractivity contribution in [3.8, 4) is 11.4 Å². The summed E-state index contributed by atoms with van der Waals surface area (Å²) in [5.41, 5.74) is 2.45. The Kier molecular flexibility index (Phi) is 4.71. The molecule has 1 fully saturated rings. The number of ether oxygens (including phenoxy) is 1. The third kappa shape index (κ3) is 4.06. The topological polar surface area (TPSA) is 86.1 Å². The molecule has 3 aromatic rings. The highest BCUT2D eigenvalue weighted by atomic mass is 32.2. The van der Waals surface area contributed by atoms with Gasteiger partial charge in [-0.25, -0.2) is 4.68 Å². The number of hydrogen-bond donors (Lipinski definition) is 1. The number of carbonyl (C=O) groups excluding carboxylic acids is 2. The molecule has 2 amide bonds. The Hall–Kier alpha value is -3.39. The van der Waals surface area contributed by atoms with Gasteiger partial charge in [0.1, 0.15) is 18.1 Å². The molecule has 7 nitrogen and oxygen atoms in total. The van der Waals surface area contributed by atoms with E-state index < -0.39 is 0 Å². The molecule has 1 aliphatic rings. The van der Waals surface area contributed by atoms with Crippen molar-refractivity contribution < 1.29 is 14.3 Å². The summed E-state index contributed by atoms with van der Waals surface area (Å²) >= 11 is 0.893. The number of imide groups is 1. The smallest absolute Gasteiger partial charge is 0.290 e. The third-order valence-electron chi connectivity index (χ3n) is 3.77. The Morgan fingerprint density at radius 3 is 2.56 bits per heavy atom. The lowest BCUT2D eigenvalue weighted by Gasteiger charge is -2.04. The van der Waals surface area contributed by atoms with E-state index in [1.807, 2.05) is 48.7 Å². The van der Waals surface area contributed by atoms with Crippen molar-refractivity contribution in [3.05, 3.63) is 77.0 Å². The molecule has 1 N–H and O–H groups in total. The maximum absolute atomic E-state index is 11.6. The molecule has 0 bridgehead atoms. The van der Waals surface area contributed by atoms with E-state index in [-0.39, 0.29) is 11.1 Å². The first-order valence-electron chi connectivity index (χ1n) is 8.12. The van der Waals surface area contributed by atoms with Crippen molar-refractivity contribution >= 4 is 29.0 Å². The van der Waals surface area contributed by atoms with E-state index in [0.29, 0.717) is 23.0 Å². The Balaban J connectivity index is 1.38. The van der Waals surface area contributed by atoms with Crippen LogP contribution in [0.3, 0.4) is 0 Å². The van der Waals surface area contributed by atoms with E-state index in [0.717, 1.165) is 23.0 Å². The summed E-state index contributed by atoms with van der Waals surface area (Å²) in [4.78, 5) is 23.1. The highest BCUT2D eigenvalue weighted by Crippen LogP contribution is 2.26. The summed E-state index contributed by atoms with van der Waals surface area (Å²) < 4.78 is 7.42. The largest absolute Gasteiger partial charge is 0.487 e. The first-order valence-corrected chi connectivity index (χ1v) is 8.93. The number of nitrogens with zero attached hydrogens (tertiary/aromatic N) is 3. The fourth-order valence-electron chi connectivity index (χ4n) is 2.46. The van der Waals surface area contributed by atoms with Crippen LogP contribution in [-0.4, -0.2) is 26.1 Å². The number of benzene rings is 2. The molecule has 0 unspecified atom stereocenters. The Morgan fingerprint density at radius 2 is 1.85 bits per heavy atom. The zero-order valence-corrected chi connectivity index (χ0v) is 14.8. The lowest BCUT2D eigenvalue weighted by atomic mass is 10.2. The van der Waals surface area contributed by atoms with Crippen LogP contribution in [0.4, 0.5) is 4.79 Å². The quantitative estimate of drug-likeness (QED) is 0.687. The molecule has 2 heterocycles. The zero-order valence-electron chi connectivity index (χ0n) is 14.0. The van der Waals surface area contributed by atoms with Crippen molar-refractivity contribution in [2.75, 3.05) is 0 Å². The van der Waals surface area contributed by atoms with Crippen LogP contribution in [0.2, 0.25) is 0 Å². The minimum atomic E-state index is -0.369. The molecule has 134 valence electrons. The number of carbonyl (C=O) groups is 2. The first-order chi connectivity index (χ1) is 13.2. The SMILES string of the molecule is O=C1NC(=O)/C(=C/c2ccc(OCc3cn(-c4ccccc4)nn3)cc2)S1. The summed E-state index contributed by atoms with van der Waals surface area (Å²) in [6, 6.07) is 17.0. The molecule has 27 heavy (non-hydrogen) atoms. The monoisotopic (exact) mass is 378 g/mol. The van der Waals surface area contributed by atoms with Gasteiger partial charge < -0.3 is 4.74 Å². The minimum Gasteiger partial charge on any atom is -0.487 e. The molecular formula is C19H14N4O3S. The number of para-hydroxylation sites is 1. The lowest BCUT2D eigenvalue weighted by Crippen LogP contribution is -2.17. The molecule has 1 aliphatic heterocycles. The summed E-state index contributed by atoms with van der Waals surface area (Å²) in [6.07, 6.45) is 3.49. The molecular weight excluding hydrogens is 364 g/mol. The highest BCUT2D eigenvalue weighted by Gasteiger charge is 2.24. The number of aromatic nitrogens is 3. The maximum Gasteiger partial charge on any atom is 0.290 e. The van der Waals surface area contributed by atoms with Crippen molar-refractivity contribution in [2.24, 2.45) is 0 Å². The van der Waals surface area contributed by atoms with Gasteiger partial charge in [0.05, 0.1) is 16.8 Å². The Bertz CT molecular complexity index is 1010. The van der Waals surface area contributed by atoms with Crippen LogP contribution < -0.4 is 10.1 Å². The molecule has 1 saturated heterocycles. The van der Waals surface area contributed by atoms with Crippen molar-refractivity contribution in [1.82, 2.24) is 20.3 Å². The minimum absolute atomic E-state index is 0.292. The lowest BCUT2D eigenvalue weighted by molar-refractivity contribution is -0.115. The van der Waals surface area contributed by atoms with E-state index in [2.05, 4.69) is 15.6 Å². The third-order valence-corrected chi connectivity index (χ3v) is 4.58. The number of nitrogens with one attached hydrogen (secondary N) is 1. The van der Waals surface area contributed by atoms with Crippen LogP contribution in [0.25, 0.3) is 11.8 Å². The fourth-order valence-corrected chi connectivity index (χ4v) is 3.14. The second-order valence-electron chi connectivity index (χ2n) is 5.70. The van der Waals surface area contributed by atoms with Gasteiger partial charge >= 0.3 is 0 Å². The van der Waals surface area contributed by atoms with Gasteiger partial charge in [-0.05, 0) is 47.7 Å². The summed E-state index contributed by atoms with van der Waals surface area (Å²) in [5.74, 6) is 0.304. The van der Waals surface area contributed by atoms with E-state index in [1.54, 1.807) is 22.9 Å². The fraction of sp³-hybridized carbons (Fsp3) is 0.0526. The second kappa shape index (κ2) is 7.46. The van der Waals surface area contributed by atoms with Crippen LogP contribution in [-0.2, 0) is 11.4 Å². The normalized spacial score (nSPS) is 15.2. The number of amides is 2. The number of hydrogen-bond acceptors (Lipinski definition) is 6. The predicted molar refractivity (Wildman–Crippen MR) is 101 cm³/mol. The van der Waals surface area contributed by atoms with Gasteiger partial charge in [-0.2, -0.15) is 0 Å². The predicted octanol–water partition coefficient (Wildman–Crippen LogP) is 3.17. The van der Waals surface area contributed by atoms with Crippen molar-refractivity contribution in [2.45, 2.75) is 6.61 Å². The molecule has 0 spiro atoms. The summed E-state index contributed by atoms with van der Waals surface area (Å²) in [6.45, 7) is 0.292. The molecule has 0 aliphatic carbocycles. The first kappa shape index (κ1) is 17.0. The van der Waals surface area contributed by atoms with Gasteiger partial charge in [0, 0.05) is 0 Å². The Labute approximate surface area is 159 Å². The standard InChI is InChI=1S/C19H14N4O3S/c24-18-17(27-19(25)20-18)10-13-6-8-16(9-7-13)26-12-14-11-23(22-21-14)15-4-2-1-3-5-15/h1-11H,12H2,(H,20,24,25)/b17-10-. The summed E-state index contributed by atoms with van der Waals surface area (Å²) in [7, 11) is 0. The van der Waals surface area contributed by atoms with E-state index in [1.165, 1.54) is 0 Å². The van der Waals surface area contributed by atoms with Crippen LogP contribution in [0.15, 0.2) is 65.7 Å². The van der Waals surface area contributed by atoms with Crippen LogP contribution in [0.5, 0.6) is 5.75 Å². The molecule has 0 atom stereocenters. The highest BCUT2D eigenvalue weighted by molar-refractivity contribution is 8.18. The van der Waals surface area contributed by atoms with E-state index in [9.17, 15) is 9.59 Å². The van der Waals surface area contributed by atoms with Gasteiger partial charge in [0.25, 0.3) is 11.1 Å². The average molecular weight is 378 g/mol. The van der Waals surface area contributed by atoms with E-state index >= 15 is 0 Å². The van der Waals surface area contributed by atoms with Crippen LogP contribution in [0.1, 0.15) is 11.3 Å². The molecule has 0 saturated carbocycles. The molecule has 0 radical (unpaired) electrons. The second-order valence-corrected chi connectivity index (χ2v) is 6.71. The number of thioether (sulfide) groups is 1. The van der Waals surface area contributed by atoms with E-state index in [4.69, 9.17) is 4.74 Å². The van der Waals surface area contributed by atoms with Crippen LogP contribution in [0, 0.1) is 0 Å². The van der Waals surface area contributed by atoms with Gasteiger partial charge in [0.15, 0.2) is 0 Å².